The molecule has 134 valence electrons. The monoisotopic (exact) mass is 347 g/mol. The Bertz CT molecular complexity index is 762. The standard InChI is InChI=1S/C17H21N3O5/c1-11-5-15(19(2)18-11)17(23)20(10-16(21)22)9-12-6-13(24-3)8-14(7-12)25-4/h5-8H,9-10H2,1-4H3,(H,21,22). The highest BCUT2D eigenvalue weighted by Crippen LogP contribution is 2.24. The molecule has 2 rings (SSSR count). The van der Waals surface area contributed by atoms with E-state index < -0.39 is 18.4 Å². The topological polar surface area (TPSA) is 93.9 Å². The molecular formula is C17H21N3O5. The highest BCUT2D eigenvalue weighted by molar-refractivity contribution is 5.94. The lowest BCUT2D eigenvalue weighted by molar-refractivity contribution is -0.137. The van der Waals surface area contributed by atoms with E-state index in [4.69, 9.17) is 14.6 Å². The molecule has 1 amide bonds. The summed E-state index contributed by atoms with van der Waals surface area (Å²) in [4.78, 5) is 25.2. The van der Waals surface area contributed by atoms with Gasteiger partial charge in [0.15, 0.2) is 0 Å². The lowest BCUT2D eigenvalue weighted by atomic mass is 10.1. The van der Waals surface area contributed by atoms with Gasteiger partial charge in [0, 0.05) is 19.7 Å². The number of carbonyl (C=O) groups is 2. The van der Waals surface area contributed by atoms with Crippen LogP contribution in [0.3, 0.4) is 0 Å². The van der Waals surface area contributed by atoms with Crippen molar-refractivity contribution < 1.29 is 24.2 Å². The maximum Gasteiger partial charge on any atom is 0.323 e. The number of hydrogen-bond acceptors (Lipinski definition) is 5. The van der Waals surface area contributed by atoms with Crippen LogP contribution in [0.25, 0.3) is 0 Å². The number of aryl methyl sites for hydroxylation is 2. The molecule has 2 aromatic rings. The van der Waals surface area contributed by atoms with E-state index in [1.54, 1.807) is 38.2 Å². The molecule has 0 aliphatic carbocycles. The van der Waals surface area contributed by atoms with Gasteiger partial charge in [0.1, 0.15) is 23.7 Å². The third-order valence-corrected chi connectivity index (χ3v) is 3.62. The normalized spacial score (nSPS) is 10.4. The van der Waals surface area contributed by atoms with E-state index in [1.807, 2.05) is 0 Å². The zero-order chi connectivity index (χ0) is 18.6. The molecule has 1 heterocycles. The Balaban J connectivity index is 2.33. The van der Waals surface area contributed by atoms with Crippen molar-refractivity contribution in [2.75, 3.05) is 20.8 Å². The van der Waals surface area contributed by atoms with Crippen LogP contribution in [0, 0.1) is 6.92 Å². The second-order valence-corrected chi connectivity index (χ2v) is 5.57. The summed E-state index contributed by atoms with van der Waals surface area (Å²) in [7, 11) is 4.70. The van der Waals surface area contributed by atoms with E-state index in [9.17, 15) is 9.59 Å². The van der Waals surface area contributed by atoms with Crippen LogP contribution >= 0.6 is 0 Å². The van der Waals surface area contributed by atoms with Crippen LogP contribution in [0.5, 0.6) is 11.5 Å². The van der Waals surface area contributed by atoms with E-state index in [0.29, 0.717) is 28.5 Å². The highest BCUT2D eigenvalue weighted by atomic mass is 16.5. The zero-order valence-electron chi connectivity index (χ0n) is 14.6. The molecule has 1 aromatic carbocycles. The van der Waals surface area contributed by atoms with Gasteiger partial charge in [-0.3, -0.25) is 14.3 Å². The summed E-state index contributed by atoms with van der Waals surface area (Å²) in [6, 6.07) is 6.80. The number of benzene rings is 1. The molecule has 8 heteroatoms. The second kappa shape index (κ2) is 7.69. The van der Waals surface area contributed by atoms with E-state index >= 15 is 0 Å². The Kier molecular flexibility index (Phi) is 5.63. The van der Waals surface area contributed by atoms with Crippen molar-refractivity contribution in [1.29, 1.82) is 0 Å². The van der Waals surface area contributed by atoms with Crippen molar-refractivity contribution in [3.05, 3.63) is 41.2 Å². The molecule has 25 heavy (non-hydrogen) atoms. The summed E-state index contributed by atoms with van der Waals surface area (Å²) in [5.41, 5.74) is 1.71. The number of rotatable bonds is 7. The molecule has 1 N–H and O–H groups in total. The Morgan fingerprint density at radius 2 is 1.76 bits per heavy atom. The Morgan fingerprint density at radius 1 is 1.16 bits per heavy atom. The minimum absolute atomic E-state index is 0.100. The fourth-order valence-electron chi connectivity index (χ4n) is 2.51. The van der Waals surface area contributed by atoms with Crippen LogP contribution in [0.15, 0.2) is 24.3 Å². The van der Waals surface area contributed by atoms with Gasteiger partial charge in [0.05, 0.1) is 19.9 Å². The maximum absolute atomic E-state index is 12.8. The summed E-state index contributed by atoms with van der Waals surface area (Å²) < 4.78 is 11.9. The second-order valence-electron chi connectivity index (χ2n) is 5.57. The third-order valence-electron chi connectivity index (χ3n) is 3.62. The Hall–Kier alpha value is -3.03. The van der Waals surface area contributed by atoms with E-state index in [2.05, 4.69) is 5.10 Å². The molecular weight excluding hydrogens is 326 g/mol. The summed E-state index contributed by atoms with van der Waals surface area (Å²) in [5.74, 6) is -0.378. The van der Waals surface area contributed by atoms with Crippen LogP contribution in [0.2, 0.25) is 0 Å². The van der Waals surface area contributed by atoms with Crippen LogP contribution in [0.1, 0.15) is 21.7 Å². The van der Waals surface area contributed by atoms with Crippen molar-refractivity contribution in [2.24, 2.45) is 7.05 Å². The molecule has 0 saturated heterocycles. The third kappa shape index (κ3) is 4.50. The quantitative estimate of drug-likeness (QED) is 0.815. The number of carbonyl (C=O) groups excluding carboxylic acids is 1. The van der Waals surface area contributed by atoms with Gasteiger partial charge in [0.2, 0.25) is 0 Å². The van der Waals surface area contributed by atoms with Gasteiger partial charge in [0.25, 0.3) is 5.91 Å². The number of methoxy groups -OCH3 is 2. The molecule has 1 aromatic heterocycles. The highest BCUT2D eigenvalue weighted by Gasteiger charge is 2.22. The van der Waals surface area contributed by atoms with Crippen molar-refractivity contribution in [1.82, 2.24) is 14.7 Å². The minimum atomic E-state index is -1.10. The zero-order valence-corrected chi connectivity index (χ0v) is 14.6. The van der Waals surface area contributed by atoms with Crippen molar-refractivity contribution in [2.45, 2.75) is 13.5 Å². The fraction of sp³-hybridized carbons (Fsp3) is 0.353. The number of aliphatic carboxylic acids is 1. The largest absolute Gasteiger partial charge is 0.497 e. The average Bonchev–Trinajstić information content (AvgIpc) is 2.91. The van der Waals surface area contributed by atoms with Gasteiger partial charge in [-0.25, -0.2) is 0 Å². The fourth-order valence-corrected chi connectivity index (χ4v) is 2.51. The Morgan fingerprint density at radius 3 is 2.20 bits per heavy atom. The SMILES string of the molecule is COc1cc(CN(CC(=O)O)C(=O)c2cc(C)nn2C)cc(OC)c1. The van der Waals surface area contributed by atoms with Gasteiger partial charge in [-0.15, -0.1) is 0 Å². The van der Waals surface area contributed by atoms with Crippen LogP contribution in [-0.4, -0.2) is 52.4 Å². The number of amides is 1. The first-order valence-electron chi connectivity index (χ1n) is 7.57. The van der Waals surface area contributed by atoms with Crippen molar-refractivity contribution >= 4 is 11.9 Å². The van der Waals surface area contributed by atoms with Gasteiger partial charge in [-0.1, -0.05) is 0 Å². The number of carboxylic acids is 1. The average molecular weight is 347 g/mol. The molecule has 0 aliphatic heterocycles. The molecule has 0 spiro atoms. The van der Waals surface area contributed by atoms with Gasteiger partial charge in [-0.2, -0.15) is 5.10 Å². The number of ether oxygens (including phenoxy) is 2. The predicted molar refractivity (Wildman–Crippen MR) is 89.9 cm³/mol. The Labute approximate surface area is 145 Å². The lowest BCUT2D eigenvalue weighted by Gasteiger charge is -2.21. The number of nitrogens with zero attached hydrogens (tertiary/aromatic N) is 3. The number of hydrogen-bond donors (Lipinski definition) is 1. The van der Waals surface area contributed by atoms with Crippen LogP contribution in [0.4, 0.5) is 0 Å². The molecule has 8 nitrogen and oxygen atoms in total. The van der Waals surface area contributed by atoms with E-state index in [1.165, 1.54) is 23.8 Å². The summed E-state index contributed by atoms with van der Waals surface area (Å²) in [5, 5.41) is 13.3. The molecule has 0 fully saturated rings. The molecule has 0 unspecified atom stereocenters. The summed E-state index contributed by atoms with van der Waals surface area (Å²) in [6.45, 7) is 1.44. The van der Waals surface area contributed by atoms with Gasteiger partial charge in [-0.05, 0) is 30.7 Å². The molecule has 0 radical (unpaired) electrons. The number of carboxylic acid groups (broad SMARTS) is 1. The smallest absolute Gasteiger partial charge is 0.323 e. The van der Waals surface area contributed by atoms with Crippen molar-refractivity contribution in [3.63, 3.8) is 0 Å². The molecule has 0 bridgehead atoms. The lowest BCUT2D eigenvalue weighted by Crippen LogP contribution is -2.36. The first-order chi connectivity index (χ1) is 11.8. The minimum Gasteiger partial charge on any atom is -0.497 e. The first kappa shape index (κ1) is 18.3. The van der Waals surface area contributed by atoms with E-state index in [0.717, 1.165) is 0 Å². The number of aromatic nitrogens is 2. The molecule has 0 aliphatic rings. The maximum atomic E-state index is 12.8. The van der Waals surface area contributed by atoms with Crippen LogP contribution in [-0.2, 0) is 18.4 Å². The summed E-state index contributed by atoms with van der Waals surface area (Å²) >= 11 is 0. The molecule has 0 atom stereocenters. The first-order valence-corrected chi connectivity index (χ1v) is 7.57. The van der Waals surface area contributed by atoms with Gasteiger partial charge < -0.3 is 19.5 Å². The van der Waals surface area contributed by atoms with E-state index in [-0.39, 0.29) is 6.54 Å². The molecule has 0 saturated carbocycles. The van der Waals surface area contributed by atoms with Crippen LogP contribution < -0.4 is 9.47 Å². The van der Waals surface area contributed by atoms with Gasteiger partial charge >= 0.3 is 5.97 Å². The van der Waals surface area contributed by atoms with Crippen molar-refractivity contribution in [3.8, 4) is 11.5 Å². The summed E-state index contributed by atoms with van der Waals surface area (Å²) in [6.07, 6.45) is 0. The predicted octanol–water partition coefficient (Wildman–Crippen LogP) is 1.47.